The Balaban J connectivity index is 1.89. The molecule has 25 heavy (non-hydrogen) atoms. The van der Waals surface area contributed by atoms with Crippen molar-refractivity contribution in [2.45, 2.75) is 25.4 Å². The van der Waals surface area contributed by atoms with Crippen LogP contribution in [0, 0.1) is 0 Å². The Kier molecular flexibility index (Phi) is 4.39. The third-order valence-electron chi connectivity index (χ3n) is 4.77. The Hall–Kier alpha value is -2.80. The summed E-state index contributed by atoms with van der Waals surface area (Å²) in [6, 6.07) is 32.0. The molecule has 0 radical (unpaired) electrons. The summed E-state index contributed by atoms with van der Waals surface area (Å²) in [5.41, 5.74) is 5.17. The summed E-state index contributed by atoms with van der Waals surface area (Å²) in [5, 5.41) is 0. The highest BCUT2D eigenvalue weighted by Gasteiger charge is 2.31. The van der Waals surface area contributed by atoms with E-state index in [9.17, 15) is 0 Å². The molecule has 0 aliphatic carbocycles. The summed E-state index contributed by atoms with van der Waals surface area (Å²) in [7, 11) is 0. The van der Waals surface area contributed by atoms with E-state index in [4.69, 9.17) is 4.74 Å². The third-order valence-corrected chi connectivity index (χ3v) is 4.77. The summed E-state index contributed by atoms with van der Waals surface area (Å²) in [6.45, 7) is 2.16. The first-order valence-electron chi connectivity index (χ1n) is 8.88. The molecule has 0 N–H and O–H groups in total. The standard InChI is InChI=1S/C24H22O/c1-18-17-22(24(25-18)21-15-9-4-10-16-21)23(19-11-5-2-6-12-19)20-13-7-3-8-14-20/h2-16,18,23H,17H2,1H3. The Labute approximate surface area is 149 Å². The van der Waals surface area contributed by atoms with Crippen LogP contribution in [-0.4, -0.2) is 6.10 Å². The van der Waals surface area contributed by atoms with Crippen LogP contribution < -0.4 is 0 Å². The lowest BCUT2D eigenvalue weighted by molar-refractivity contribution is 0.210. The van der Waals surface area contributed by atoms with Gasteiger partial charge in [-0.1, -0.05) is 91.0 Å². The summed E-state index contributed by atoms with van der Waals surface area (Å²) >= 11 is 0. The SMILES string of the molecule is CC1CC(C(c2ccccc2)c2ccccc2)=C(c2ccccc2)O1. The molecule has 4 rings (SSSR count). The third kappa shape index (κ3) is 3.23. The first-order chi connectivity index (χ1) is 12.3. The van der Waals surface area contributed by atoms with E-state index in [0.717, 1.165) is 12.2 Å². The Morgan fingerprint density at radius 2 is 1.20 bits per heavy atom. The summed E-state index contributed by atoms with van der Waals surface area (Å²) in [6.07, 6.45) is 1.17. The van der Waals surface area contributed by atoms with Gasteiger partial charge in [0.2, 0.25) is 0 Å². The van der Waals surface area contributed by atoms with Gasteiger partial charge < -0.3 is 4.74 Å². The van der Waals surface area contributed by atoms with Gasteiger partial charge in [0.15, 0.2) is 0 Å². The van der Waals surface area contributed by atoms with Crippen LogP contribution >= 0.6 is 0 Å². The van der Waals surface area contributed by atoms with Crippen LogP contribution in [0.2, 0.25) is 0 Å². The average Bonchev–Trinajstić information content (AvgIpc) is 3.06. The molecule has 124 valence electrons. The van der Waals surface area contributed by atoms with E-state index in [1.54, 1.807) is 0 Å². The van der Waals surface area contributed by atoms with Gasteiger partial charge >= 0.3 is 0 Å². The number of hydrogen-bond acceptors (Lipinski definition) is 1. The predicted molar refractivity (Wildman–Crippen MR) is 103 cm³/mol. The second-order valence-electron chi connectivity index (χ2n) is 6.61. The second-order valence-corrected chi connectivity index (χ2v) is 6.61. The van der Waals surface area contributed by atoms with Crippen LogP contribution in [0.5, 0.6) is 0 Å². The zero-order valence-corrected chi connectivity index (χ0v) is 14.4. The molecule has 0 bridgehead atoms. The minimum absolute atomic E-state index is 0.208. The number of rotatable bonds is 4. The van der Waals surface area contributed by atoms with Crippen molar-refractivity contribution in [2.75, 3.05) is 0 Å². The molecule has 1 atom stereocenters. The van der Waals surface area contributed by atoms with Gasteiger partial charge in [0.25, 0.3) is 0 Å². The molecule has 3 aromatic carbocycles. The van der Waals surface area contributed by atoms with Gasteiger partial charge in [0.05, 0.1) is 6.10 Å². The van der Waals surface area contributed by atoms with Gasteiger partial charge in [0.1, 0.15) is 5.76 Å². The van der Waals surface area contributed by atoms with Crippen molar-refractivity contribution in [1.82, 2.24) is 0 Å². The highest BCUT2D eigenvalue weighted by molar-refractivity contribution is 5.68. The van der Waals surface area contributed by atoms with Crippen LogP contribution in [0.15, 0.2) is 96.6 Å². The minimum Gasteiger partial charge on any atom is -0.490 e. The van der Waals surface area contributed by atoms with Gasteiger partial charge in [-0.15, -0.1) is 0 Å². The zero-order valence-electron chi connectivity index (χ0n) is 14.4. The number of hydrogen-bond donors (Lipinski definition) is 0. The summed E-state index contributed by atoms with van der Waals surface area (Å²) in [5.74, 6) is 1.27. The molecule has 1 aliphatic heterocycles. The Morgan fingerprint density at radius 1 is 0.720 bits per heavy atom. The maximum Gasteiger partial charge on any atom is 0.127 e. The quantitative estimate of drug-likeness (QED) is 0.568. The molecule has 0 spiro atoms. The van der Waals surface area contributed by atoms with Crippen molar-refractivity contribution >= 4 is 5.76 Å². The highest BCUT2D eigenvalue weighted by Crippen LogP contribution is 2.43. The lowest BCUT2D eigenvalue weighted by Gasteiger charge is -2.20. The average molecular weight is 326 g/mol. The van der Waals surface area contributed by atoms with E-state index in [1.807, 2.05) is 6.07 Å². The zero-order chi connectivity index (χ0) is 17.1. The maximum atomic E-state index is 6.26. The molecule has 0 aromatic heterocycles. The minimum atomic E-state index is 0.208. The molecule has 0 saturated heterocycles. The second kappa shape index (κ2) is 6.98. The fourth-order valence-electron chi connectivity index (χ4n) is 3.70. The van der Waals surface area contributed by atoms with Crippen molar-refractivity contribution in [2.24, 2.45) is 0 Å². The van der Waals surface area contributed by atoms with Gasteiger partial charge in [-0.05, 0) is 23.6 Å². The molecular formula is C24H22O. The highest BCUT2D eigenvalue weighted by atomic mass is 16.5. The molecule has 1 unspecified atom stereocenters. The molecule has 1 heteroatoms. The van der Waals surface area contributed by atoms with Gasteiger partial charge in [-0.25, -0.2) is 0 Å². The molecule has 0 saturated carbocycles. The van der Waals surface area contributed by atoms with Gasteiger partial charge in [0, 0.05) is 17.9 Å². The van der Waals surface area contributed by atoms with E-state index >= 15 is 0 Å². The van der Waals surface area contributed by atoms with Crippen molar-refractivity contribution in [3.05, 3.63) is 113 Å². The maximum absolute atomic E-state index is 6.26. The van der Waals surface area contributed by atoms with Crippen LogP contribution in [0.1, 0.15) is 36.0 Å². The van der Waals surface area contributed by atoms with E-state index in [1.165, 1.54) is 22.3 Å². The predicted octanol–water partition coefficient (Wildman–Crippen LogP) is 6.04. The lowest BCUT2D eigenvalue weighted by Crippen LogP contribution is -2.06. The van der Waals surface area contributed by atoms with Crippen molar-refractivity contribution in [3.63, 3.8) is 0 Å². The van der Waals surface area contributed by atoms with E-state index < -0.39 is 0 Å². The van der Waals surface area contributed by atoms with Gasteiger partial charge in [-0.3, -0.25) is 0 Å². The number of benzene rings is 3. The van der Waals surface area contributed by atoms with E-state index in [2.05, 4.69) is 91.9 Å². The first kappa shape index (κ1) is 15.7. The largest absolute Gasteiger partial charge is 0.490 e. The molecule has 1 heterocycles. The molecule has 0 fully saturated rings. The fraction of sp³-hybridized carbons (Fsp3) is 0.167. The van der Waals surface area contributed by atoms with E-state index in [0.29, 0.717) is 0 Å². The summed E-state index contributed by atoms with van der Waals surface area (Å²) in [4.78, 5) is 0. The fourth-order valence-corrected chi connectivity index (χ4v) is 3.70. The van der Waals surface area contributed by atoms with Crippen LogP contribution in [0.4, 0.5) is 0 Å². The monoisotopic (exact) mass is 326 g/mol. The van der Waals surface area contributed by atoms with Crippen LogP contribution in [-0.2, 0) is 4.74 Å². The van der Waals surface area contributed by atoms with Gasteiger partial charge in [-0.2, -0.15) is 0 Å². The van der Waals surface area contributed by atoms with E-state index in [-0.39, 0.29) is 12.0 Å². The normalized spacial score (nSPS) is 17.0. The van der Waals surface area contributed by atoms with Crippen LogP contribution in [0.3, 0.4) is 0 Å². The van der Waals surface area contributed by atoms with Crippen molar-refractivity contribution < 1.29 is 4.74 Å². The summed E-state index contributed by atoms with van der Waals surface area (Å²) < 4.78 is 6.26. The van der Waals surface area contributed by atoms with Crippen molar-refractivity contribution in [3.8, 4) is 0 Å². The molecule has 1 aliphatic rings. The van der Waals surface area contributed by atoms with Crippen molar-refractivity contribution in [1.29, 1.82) is 0 Å². The number of ether oxygens (including phenoxy) is 1. The molecular weight excluding hydrogens is 304 g/mol. The molecule has 1 nitrogen and oxygen atoms in total. The van der Waals surface area contributed by atoms with Crippen LogP contribution in [0.25, 0.3) is 5.76 Å². The Morgan fingerprint density at radius 3 is 1.72 bits per heavy atom. The Bertz CT molecular complexity index is 811. The molecule has 3 aromatic rings. The lowest BCUT2D eigenvalue weighted by atomic mass is 9.82. The first-order valence-corrected chi connectivity index (χ1v) is 8.88. The molecule has 0 amide bonds. The topological polar surface area (TPSA) is 9.23 Å². The smallest absolute Gasteiger partial charge is 0.127 e.